The monoisotopic (exact) mass is 362 g/mol. The Labute approximate surface area is 142 Å². The second-order valence-electron chi connectivity index (χ2n) is 4.89. The van der Waals surface area contributed by atoms with E-state index in [4.69, 9.17) is 4.74 Å². The number of para-hydroxylation sites is 1. The number of methoxy groups -OCH3 is 1. The van der Waals surface area contributed by atoms with E-state index >= 15 is 0 Å². The molecule has 0 atom stereocenters. The van der Waals surface area contributed by atoms with Crippen LogP contribution in [-0.4, -0.2) is 26.1 Å². The van der Waals surface area contributed by atoms with Crippen molar-refractivity contribution in [1.29, 1.82) is 0 Å². The molecule has 0 amide bonds. The lowest BCUT2D eigenvalue weighted by Crippen LogP contribution is -2.22. The van der Waals surface area contributed by atoms with Gasteiger partial charge in [0.25, 0.3) is 10.0 Å². The van der Waals surface area contributed by atoms with Crippen molar-refractivity contribution in [3.63, 3.8) is 0 Å². The van der Waals surface area contributed by atoms with Crippen LogP contribution in [0.3, 0.4) is 0 Å². The molecule has 1 aromatic heterocycles. The molecule has 0 saturated heterocycles. The number of hydrogen-bond donors (Lipinski definition) is 0. The third kappa shape index (κ3) is 3.24. The third-order valence-corrected chi connectivity index (χ3v) is 5.80. The van der Waals surface area contributed by atoms with E-state index in [1.807, 2.05) is 24.3 Å². The Hall–Kier alpha value is -2.45. The molecule has 124 valence electrons. The Kier molecular flexibility index (Phi) is 4.50. The van der Waals surface area contributed by atoms with Gasteiger partial charge in [0, 0.05) is 0 Å². The zero-order valence-corrected chi connectivity index (χ0v) is 14.4. The van der Waals surface area contributed by atoms with E-state index in [9.17, 15) is 13.2 Å². The lowest BCUT2D eigenvalue weighted by atomic mass is 10.3. The molecule has 0 aliphatic rings. The fourth-order valence-electron chi connectivity index (χ4n) is 2.19. The molecule has 6 nitrogen and oxygen atoms in total. The lowest BCUT2D eigenvalue weighted by molar-refractivity contribution is -0.141. The van der Waals surface area contributed by atoms with Crippen LogP contribution in [0.5, 0.6) is 0 Å². The minimum atomic E-state index is -3.86. The summed E-state index contributed by atoms with van der Waals surface area (Å²) in [4.78, 5) is 12.0. The van der Waals surface area contributed by atoms with Crippen molar-refractivity contribution in [2.45, 2.75) is 11.4 Å². The van der Waals surface area contributed by atoms with Crippen molar-refractivity contribution >= 4 is 37.5 Å². The van der Waals surface area contributed by atoms with Crippen molar-refractivity contribution in [2.24, 2.45) is 4.40 Å². The number of carbonyl (C=O) groups excluding carboxylic acids is 1. The standard InChI is InChI=1S/C16H14N2O4S2/c1-22-15(19)11-18-13-9-5-6-10-14(13)23-16(18)17-24(20,21)12-7-3-2-4-8-12/h2-10H,11H2,1H3. The van der Waals surface area contributed by atoms with Gasteiger partial charge in [0.2, 0.25) is 4.80 Å². The number of thiazole rings is 1. The molecule has 8 heteroatoms. The number of esters is 1. The molecule has 0 N–H and O–H groups in total. The molecule has 0 aliphatic carbocycles. The zero-order valence-electron chi connectivity index (χ0n) is 12.7. The maximum absolute atomic E-state index is 12.5. The van der Waals surface area contributed by atoms with Gasteiger partial charge in [-0.2, -0.15) is 8.42 Å². The first kappa shape index (κ1) is 16.4. The molecular weight excluding hydrogens is 348 g/mol. The van der Waals surface area contributed by atoms with Crippen molar-refractivity contribution in [1.82, 2.24) is 4.57 Å². The van der Waals surface area contributed by atoms with Gasteiger partial charge < -0.3 is 9.30 Å². The highest BCUT2D eigenvalue weighted by Crippen LogP contribution is 2.18. The van der Waals surface area contributed by atoms with Crippen molar-refractivity contribution in [3.05, 3.63) is 59.4 Å². The smallest absolute Gasteiger partial charge is 0.325 e. The molecule has 3 rings (SSSR count). The summed E-state index contributed by atoms with van der Waals surface area (Å²) in [6.07, 6.45) is 0. The van der Waals surface area contributed by atoms with E-state index < -0.39 is 16.0 Å². The molecule has 24 heavy (non-hydrogen) atoms. The highest BCUT2D eigenvalue weighted by atomic mass is 32.2. The second kappa shape index (κ2) is 6.58. The molecule has 3 aromatic rings. The number of sulfonamides is 1. The van der Waals surface area contributed by atoms with Crippen LogP contribution in [0.15, 0.2) is 63.9 Å². The van der Waals surface area contributed by atoms with E-state index in [-0.39, 0.29) is 16.2 Å². The SMILES string of the molecule is COC(=O)Cn1c(=NS(=O)(=O)c2ccccc2)sc2ccccc21. The molecule has 0 bridgehead atoms. The normalized spacial score (nSPS) is 12.5. The van der Waals surface area contributed by atoms with Gasteiger partial charge in [0.05, 0.1) is 22.2 Å². The minimum Gasteiger partial charge on any atom is -0.468 e. The van der Waals surface area contributed by atoms with Gasteiger partial charge in [-0.3, -0.25) is 4.79 Å². The van der Waals surface area contributed by atoms with Crippen LogP contribution < -0.4 is 4.80 Å². The second-order valence-corrected chi connectivity index (χ2v) is 7.51. The zero-order chi connectivity index (χ0) is 17.2. The van der Waals surface area contributed by atoms with Crippen LogP contribution in [0.4, 0.5) is 0 Å². The van der Waals surface area contributed by atoms with Gasteiger partial charge in [-0.05, 0) is 24.3 Å². The highest BCUT2D eigenvalue weighted by molar-refractivity contribution is 7.90. The van der Waals surface area contributed by atoms with Crippen molar-refractivity contribution < 1.29 is 17.9 Å². The van der Waals surface area contributed by atoms with Crippen LogP contribution in [0.1, 0.15) is 0 Å². The largest absolute Gasteiger partial charge is 0.468 e. The number of nitrogens with zero attached hydrogens (tertiary/aromatic N) is 2. The predicted molar refractivity (Wildman–Crippen MR) is 91.0 cm³/mol. The summed E-state index contributed by atoms with van der Waals surface area (Å²) in [5, 5.41) is 0. The average Bonchev–Trinajstić information content (AvgIpc) is 2.92. The van der Waals surface area contributed by atoms with Crippen LogP contribution in [0.2, 0.25) is 0 Å². The van der Waals surface area contributed by atoms with E-state index in [1.54, 1.807) is 22.8 Å². The van der Waals surface area contributed by atoms with E-state index in [1.165, 1.54) is 30.6 Å². The molecule has 0 fully saturated rings. The number of fused-ring (bicyclic) bond motifs is 1. The highest BCUT2D eigenvalue weighted by Gasteiger charge is 2.15. The van der Waals surface area contributed by atoms with Gasteiger partial charge in [-0.1, -0.05) is 41.7 Å². The Morgan fingerprint density at radius 2 is 1.79 bits per heavy atom. The minimum absolute atomic E-state index is 0.104. The van der Waals surface area contributed by atoms with Crippen LogP contribution in [0, 0.1) is 0 Å². The Bertz CT molecular complexity index is 1050. The quantitative estimate of drug-likeness (QED) is 0.667. The average molecular weight is 362 g/mol. The van der Waals surface area contributed by atoms with Gasteiger partial charge >= 0.3 is 5.97 Å². The number of rotatable bonds is 4. The summed E-state index contributed by atoms with van der Waals surface area (Å²) in [5.41, 5.74) is 0.731. The maximum Gasteiger partial charge on any atom is 0.325 e. The summed E-state index contributed by atoms with van der Waals surface area (Å²) in [6.45, 7) is -0.107. The first-order chi connectivity index (χ1) is 11.5. The number of hydrogen-bond acceptors (Lipinski definition) is 5. The van der Waals surface area contributed by atoms with E-state index in [0.29, 0.717) is 0 Å². The van der Waals surface area contributed by atoms with E-state index in [2.05, 4.69) is 4.40 Å². The molecule has 0 spiro atoms. The van der Waals surface area contributed by atoms with Crippen molar-refractivity contribution in [3.8, 4) is 0 Å². The molecule has 1 heterocycles. The van der Waals surface area contributed by atoms with Gasteiger partial charge in [0.1, 0.15) is 6.54 Å². The summed E-state index contributed by atoms with van der Waals surface area (Å²) < 4.78 is 36.0. The fraction of sp³-hybridized carbons (Fsp3) is 0.125. The predicted octanol–water partition coefficient (Wildman–Crippen LogP) is 2.17. The topological polar surface area (TPSA) is 77.7 Å². The fourth-order valence-corrected chi connectivity index (χ4v) is 4.44. The third-order valence-electron chi connectivity index (χ3n) is 3.34. The lowest BCUT2D eigenvalue weighted by Gasteiger charge is -2.03. The number of benzene rings is 2. The molecule has 0 radical (unpaired) electrons. The number of aromatic nitrogens is 1. The Morgan fingerprint density at radius 1 is 1.12 bits per heavy atom. The molecule has 0 aliphatic heterocycles. The van der Waals surface area contributed by atoms with Gasteiger partial charge in [-0.15, -0.1) is 4.40 Å². The summed E-state index contributed by atoms with van der Waals surface area (Å²) in [7, 11) is -2.58. The molecule has 0 saturated carbocycles. The molecular formula is C16H14N2O4S2. The number of carbonyl (C=O) groups is 1. The summed E-state index contributed by atoms with van der Waals surface area (Å²) in [6, 6.07) is 15.3. The molecule has 0 unspecified atom stereocenters. The van der Waals surface area contributed by atoms with Crippen LogP contribution >= 0.6 is 11.3 Å². The summed E-state index contributed by atoms with van der Waals surface area (Å²) in [5.74, 6) is -0.475. The van der Waals surface area contributed by atoms with E-state index in [0.717, 1.165) is 10.2 Å². The summed E-state index contributed by atoms with van der Waals surface area (Å²) >= 11 is 1.21. The molecule has 2 aromatic carbocycles. The van der Waals surface area contributed by atoms with Crippen LogP contribution in [0.25, 0.3) is 10.2 Å². The first-order valence-corrected chi connectivity index (χ1v) is 9.28. The van der Waals surface area contributed by atoms with Gasteiger partial charge in [-0.25, -0.2) is 0 Å². The maximum atomic E-state index is 12.5. The first-order valence-electron chi connectivity index (χ1n) is 7.02. The van der Waals surface area contributed by atoms with Crippen LogP contribution in [-0.2, 0) is 26.1 Å². The van der Waals surface area contributed by atoms with Gasteiger partial charge in [0.15, 0.2) is 0 Å². The number of ether oxygens (including phenoxy) is 1. The van der Waals surface area contributed by atoms with Crippen molar-refractivity contribution in [2.75, 3.05) is 7.11 Å². The Balaban J connectivity index is 2.22. The Morgan fingerprint density at radius 3 is 2.50 bits per heavy atom.